The van der Waals surface area contributed by atoms with Crippen molar-refractivity contribution in [3.63, 3.8) is 0 Å². The molecule has 2 atom stereocenters. The van der Waals surface area contributed by atoms with Gasteiger partial charge in [0.1, 0.15) is 6.04 Å². The van der Waals surface area contributed by atoms with Crippen LogP contribution in [0.1, 0.15) is 60.9 Å². The Morgan fingerprint density at radius 1 is 1.06 bits per heavy atom. The Morgan fingerprint density at radius 2 is 1.85 bits per heavy atom. The molecule has 6 nitrogen and oxygen atoms in total. The molecule has 0 N–H and O–H groups in total. The van der Waals surface area contributed by atoms with Gasteiger partial charge in [0.2, 0.25) is 0 Å². The zero-order chi connectivity index (χ0) is 23.4. The average molecular weight is 448 g/mol. The number of amides is 1. The third-order valence-corrected chi connectivity index (χ3v) is 6.49. The molecule has 0 spiro atoms. The highest BCUT2D eigenvalue weighted by Gasteiger charge is 2.37. The molecule has 33 heavy (non-hydrogen) atoms. The van der Waals surface area contributed by atoms with Gasteiger partial charge in [-0.05, 0) is 51.3 Å². The van der Waals surface area contributed by atoms with Gasteiger partial charge >= 0.3 is 5.97 Å². The van der Waals surface area contributed by atoms with Crippen LogP contribution in [0.4, 0.5) is 0 Å². The summed E-state index contributed by atoms with van der Waals surface area (Å²) in [5.74, 6) is -0.315. The van der Waals surface area contributed by atoms with Gasteiger partial charge in [-0.3, -0.25) is 14.5 Å². The van der Waals surface area contributed by atoms with Crippen molar-refractivity contribution in [2.45, 2.75) is 58.5 Å². The Labute approximate surface area is 196 Å². The molecule has 1 amide bonds. The second-order valence-corrected chi connectivity index (χ2v) is 9.02. The monoisotopic (exact) mass is 447 g/mol. The number of hydrogen-bond donors (Lipinski definition) is 0. The third kappa shape index (κ3) is 5.33. The molecule has 0 radical (unpaired) electrons. The van der Waals surface area contributed by atoms with Gasteiger partial charge in [-0.25, -0.2) is 5.01 Å². The molecule has 2 heterocycles. The van der Waals surface area contributed by atoms with Crippen LogP contribution in [0.25, 0.3) is 0 Å². The Bertz CT molecular complexity index is 1030. The standard InChI is InChI=1S/C27H33N3O3/c1-4-33-27(32)24-10-5-6-15-29(24)18-26(31)30-25(21-13-11-19(2)12-14-21)17-23(28-30)22-9-7-8-20(3)16-22/h7-9,11-14,16,24-25H,4-6,10,15,17-18H2,1-3H3. The van der Waals surface area contributed by atoms with Crippen molar-refractivity contribution in [1.82, 2.24) is 9.91 Å². The van der Waals surface area contributed by atoms with Crippen molar-refractivity contribution >= 4 is 17.6 Å². The van der Waals surface area contributed by atoms with Gasteiger partial charge < -0.3 is 4.74 Å². The fourth-order valence-corrected chi connectivity index (χ4v) is 4.72. The Hall–Kier alpha value is -2.99. The number of carbonyl (C=O) groups excluding carboxylic acids is 2. The summed E-state index contributed by atoms with van der Waals surface area (Å²) in [4.78, 5) is 28.0. The number of hydrazone groups is 1. The lowest BCUT2D eigenvalue weighted by atomic mass is 9.97. The molecule has 6 heteroatoms. The van der Waals surface area contributed by atoms with E-state index in [4.69, 9.17) is 9.84 Å². The van der Waals surface area contributed by atoms with E-state index in [9.17, 15) is 9.59 Å². The summed E-state index contributed by atoms with van der Waals surface area (Å²) in [7, 11) is 0. The van der Waals surface area contributed by atoms with E-state index in [2.05, 4.69) is 50.2 Å². The summed E-state index contributed by atoms with van der Waals surface area (Å²) in [5, 5.41) is 6.45. The molecular weight excluding hydrogens is 414 g/mol. The van der Waals surface area contributed by atoms with Crippen LogP contribution in [-0.2, 0) is 14.3 Å². The number of ether oxygens (including phenoxy) is 1. The molecule has 4 rings (SSSR count). The van der Waals surface area contributed by atoms with Crippen LogP contribution in [0.15, 0.2) is 53.6 Å². The number of carbonyl (C=O) groups is 2. The molecule has 0 aromatic heterocycles. The van der Waals surface area contributed by atoms with Crippen LogP contribution < -0.4 is 0 Å². The van der Waals surface area contributed by atoms with Gasteiger partial charge in [-0.1, -0.05) is 66.1 Å². The Morgan fingerprint density at radius 3 is 2.58 bits per heavy atom. The predicted octanol–water partition coefficient (Wildman–Crippen LogP) is 4.40. The van der Waals surface area contributed by atoms with E-state index in [1.807, 2.05) is 24.0 Å². The minimum atomic E-state index is -0.358. The van der Waals surface area contributed by atoms with Crippen LogP contribution in [0.3, 0.4) is 0 Å². The van der Waals surface area contributed by atoms with Gasteiger partial charge in [-0.2, -0.15) is 5.10 Å². The van der Waals surface area contributed by atoms with Crippen LogP contribution in [0.5, 0.6) is 0 Å². The van der Waals surface area contributed by atoms with Crippen molar-refractivity contribution in [3.8, 4) is 0 Å². The maximum atomic E-state index is 13.6. The molecule has 2 aliphatic rings. The molecule has 2 aliphatic heterocycles. The molecule has 2 aromatic carbocycles. The topological polar surface area (TPSA) is 62.2 Å². The first-order valence-corrected chi connectivity index (χ1v) is 11.9. The normalized spacial score (nSPS) is 21.1. The molecule has 1 saturated heterocycles. The quantitative estimate of drug-likeness (QED) is 0.616. The van der Waals surface area contributed by atoms with Crippen molar-refractivity contribution < 1.29 is 14.3 Å². The molecule has 174 valence electrons. The number of hydrogen-bond acceptors (Lipinski definition) is 5. The number of benzene rings is 2. The number of likely N-dealkylation sites (tertiary alicyclic amines) is 1. The smallest absolute Gasteiger partial charge is 0.323 e. The van der Waals surface area contributed by atoms with Crippen molar-refractivity contribution in [3.05, 3.63) is 70.8 Å². The summed E-state index contributed by atoms with van der Waals surface area (Å²) in [5.41, 5.74) is 5.38. The zero-order valence-electron chi connectivity index (χ0n) is 19.8. The summed E-state index contributed by atoms with van der Waals surface area (Å²) in [6, 6.07) is 16.0. The lowest BCUT2D eigenvalue weighted by Gasteiger charge is -2.34. The van der Waals surface area contributed by atoms with Gasteiger partial charge in [0.05, 0.1) is 24.9 Å². The second kappa shape index (κ2) is 10.3. The first kappa shape index (κ1) is 23.2. The van der Waals surface area contributed by atoms with E-state index in [0.717, 1.165) is 41.7 Å². The van der Waals surface area contributed by atoms with Crippen LogP contribution in [0, 0.1) is 13.8 Å². The fraction of sp³-hybridized carbons (Fsp3) is 0.444. The fourth-order valence-electron chi connectivity index (χ4n) is 4.72. The molecule has 2 aromatic rings. The first-order valence-electron chi connectivity index (χ1n) is 11.9. The van der Waals surface area contributed by atoms with Gasteiger partial charge in [0.15, 0.2) is 0 Å². The average Bonchev–Trinajstić information content (AvgIpc) is 3.26. The second-order valence-electron chi connectivity index (χ2n) is 9.02. The van der Waals surface area contributed by atoms with E-state index in [1.54, 1.807) is 5.01 Å². The van der Waals surface area contributed by atoms with Crippen molar-refractivity contribution in [2.24, 2.45) is 5.10 Å². The van der Waals surface area contributed by atoms with Gasteiger partial charge in [0.25, 0.3) is 5.91 Å². The van der Waals surface area contributed by atoms with Crippen LogP contribution in [-0.4, -0.2) is 53.2 Å². The van der Waals surface area contributed by atoms with Gasteiger partial charge in [0, 0.05) is 6.42 Å². The van der Waals surface area contributed by atoms with E-state index in [-0.39, 0.29) is 30.5 Å². The summed E-state index contributed by atoms with van der Waals surface area (Å²) < 4.78 is 5.27. The number of piperidine rings is 1. The maximum Gasteiger partial charge on any atom is 0.323 e. The number of rotatable bonds is 6. The van der Waals surface area contributed by atoms with E-state index in [1.165, 1.54) is 5.56 Å². The molecule has 1 fully saturated rings. The Kier molecular flexibility index (Phi) is 7.23. The lowest BCUT2D eigenvalue weighted by Crippen LogP contribution is -2.49. The summed E-state index contributed by atoms with van der Waals surface area (Å²) in [6.45, 7) is 7.16. The van der Waals surface area contributed by atoms with E-state index < -0.39 is 0 Å². The van der Waals surface area contributed by atoms with Crippen molar-refractivity contribution in [2.75, 3.05) is 19.7 Å². The Balaban J connectivity index is 1.59. The molecule has 0 bridgehead atoms. The first-order chi connectivity index (χ1) is 16.0. The number of nitrogens with zero attached hydrogens (tertiary/aromatic N) is 3. The van der Waals surface area contributed by atoms with E-state index in [0.29, 0.717) is 19.6 Å². The highest BCUT2D eigenvalue weighted by Crippen LogP contribution is 2.33. The maximum absolute atomic E-state index is 13.6. The molecule has 2 unspecified atom stereocenters. The number of esters is 1. The predicted molar refractivity (Wildman–Crippen MR) is 129 cm³/mol. The lowest BCUT2D eigenvalue weighted by molar-refractivity contribution is -0.152. The highest BCUT2D eigenvalue weighted by molar-refractivity contribution is 6.03. The van der Waals surface area contributed by atoms with Crippen molar-refractivity contribution in [1.29, 1.82) is 0 Å². The summed E-state index contributed by atoms with van der Waals surface area (Å²) >= 11 is 0. The summed E-state index contributed by atoms with van der Waals surface area (Å²) in [6.07, 6.45) is 3.34. The largest absolute Gasteiger partial charge is 0.465 e. The highest BCUT2D eigenvalue weighted by atomic mass is 16.5. The zero-order valence-corrected chi connectivity index (χ0v) is 19.8. The SMILES string of the molecule is CCOC(=O)C1CCCCN1CC(=O)N1N=C(c2cccc(C)c2)CC1c1ccc(C)cc1. The molecule has 0 saturated carbocycles. The van der Waals surface area contributed by atoms with Crippen LogP contribution in [0.2, 0.25) is 0 Å². The molecular formula is C27H33N3O3. The third-order valence-electron chi connectivity index (χ3n) is 6.49. The molecule has 0 aliphatic carbocycles. The minimum Gasteiger partial charge on any atom is -0.465 e. The van der Waals surface area contributed by atoms with E-state index >= 15 is 0 Å². The minimum absolute atomic E-state index is 0.0839. The van der Waals surface area contributed by atoms with Gasteiger partial charge in [-0.15, -0.1) is 0 Å². The van der Waals surface area contributed by atoms with Crippen LogP contribution >= 0.6 is 0 Å². The number of aryl methyl sites for hydroxylation is 2.